The van der Waals surface area contributed by atoms with Gasteiger partial charge >= 0.3 is 0 Å². The number of sulfone groups is 1. The molecule has 0 aromatic rings. The number of nitrogens with one attached hydrogen (secondary N) is 1. The summed E-state index contributed by atoms with van der Waals surface area (Å²) in [7, 11) is -3.42. The third-order valence-corrected chi connectivity index (χ3v) is 7.75. The van der Waals surface area contributed by atoms with Crippen LogP contribution in [0.2, 0.25) is 0 Å². The Morgan fingerprint density at radius 3 is 2.26 bits per heavy atom. The zero-order valence-electron chi connectivity index (χ0n) is 15.0. The summed E-state index contributed by atoms with van der Waals surface area (Å²) in [6.45, 7) is 9.32. The van der Waals surface area contributed by atoms with Crippen LogP contribution in [0.5, 0.6) is 0 Å². The number of carbonyl (C=O) groups excluding carboxylic acids is 1. The lowest BCUT2D eigenvalue weighted by atomic mass is 9.77. The number of likely N-dealkylation sites (tertiary alicyclic amines) is 1. The highest BCUT2D eigenvalue weighted by molar-refractivity contribution is 7.92. The lowest BCUT2D eigenvalue weighted by Crippen LogP contribution is -2.58. The maximum Gasteiger partial charge on any atom is 0.244 e. The van der Waals surface area contributed by atoms with Gasteiger partial charge in [0.2, 0.25) is 5.91 Å². The molecule has 2 rings (SSSR count). The maximum atomic E-state index is 13.1. The monoisotopic (exact) mass is 344 g/mol. The van der Waals surface area contributed by atoms with Crippen molar-refractivity contribution in [3.05, 3.63) is 0 Å². The molecule has 0 aromatic heterocycles. The van der Waals surface area contributed by atoms with Crippen molar-refractivity contribution < 1.29 is 13.2 Å². The molecule has 2 aliphatic rings. The predicted octanol–water partition coefficient (Wildman–Crippen LogP) is 1.83. The van der Waals surface area contributed by atoms with Gasteiger partial charge < -0.3 is 10.2 Å². The van der Waals surface area contributed by atoms with Gasteiger partial charge in [-0.05, 0) is 56.5 Å². The van der Waals surface area contributed by atoms with Gasteiger partial charge in [0, 0.05) is 19.3 Å². The summed E-state index contributed by atoms with van der Waals surface area (Å²) in [5, 5.41) is 3.17. The van der Waals surface area contributed by atoms with Crippen molar-refractivity contribution >= 4 is 15.7 Å². The van der Waals surface area contributed by atoms with E-state index in [9.17, 15) is 13.2 Å². The van der Waals surface area contributed by atoms with E-state index < -0.39 is 14.6 Å². The summed E-state index contributed by atoms with van der Waals surface area (Å²) < 4.78 is 23.6. The van der Waals surface area contributed by atoms with Crippen molar-refractivity contribution in [1.82, 2.24) is 10.2 Å². The minimum atomic E-state index is -3.42. The zero-order valence-corrected chi connectivity index (χ0v) is 15.8. The summed E-state index contributed by atoms with van der Waals surface area (Å²) in [6.07, 6.45) is 5.06. The van der Waals surface area contributed by atoms with Crippen LogP contribution < -0.4 is 5.32 Å². The lowest BCUT2D eigenvalue weighted by molar-refractivity contribution is -0.134. The van der Waals surface area contributed by atoms with E-state index >= 15 is 0 Å². The van der Waals surface area contributed by atoms with Crippen LogP contribution in [-0.2, 0) is 14.6 Å². The fraction of sp³-hybridized carbons (Fsp3) is 0.941. The Labute approximate surface area is 141 Å². The van der Waals surface area contributed by atoms with Crippen molar-refractivity contribution in [2.45, 2.75) is 57.6 Å². The van der Waals surface area contributed by atoms with Gasteiger partial charge in [-0.15, -0.1) is 0 Å². The fourth-order valence-corrected chi connectivity index (χ4v) is 5.42. The van der Waals surface area contributed by atoms with E-state index in [1.54, 1.807) is 0 Å². The molecule has 0 saturated carbocycles. The topological polar surface area (TPSA) is 66.5 Å². The quantitative estimate of drug-likeness (QED) is 0.830. The SMILES string of the molecule is CC(C)(C)C1CCCN(C(=O)C2(S(C)(=O)=O)CCNCC2)CC1. The molecule has 0 bridgehead atoms. The zero-order chi connectivity index (χ0) is 17.3. The molecule has 6 heteroatoms. The van der Waals surface area contributed by atoms with Gasteiger partial charge in [-0.25, -0.2) is 8.42 Å². The Balaban J connectivity index is 2.18. The molecule has 2 fully saturated rings. The highest BCUT2D eigenvalue weighted by atomic mass is 32.2. The van der Waals surface area contributed by atoms with Crippen LogP contribution in [0.3, 0.4) is 0 Å². The standard InChI is InChI=1S/C17H32N2O3S/c1-16(2,3)14-6-5-12-19(13-7-14)15(20)17(23(4,21)22)8-10-18-11-9-17/h14,18H,5-13H2,1-4H3. The second kappa shape index (κ2) is 6.71. The highest BCUT2D eigenvalue weighted by Gasteiger charge is 2.50. The average molecular weight is 345 g/mol. The molecule has 0 radical (unpaired) electrons. The molecule has 2 aliphatic heterocycles. The van der Waals surface area contributed by atoms with E-state index in [4.69, 9.17) is 0 Å². The first kappa shape index (κ1) is 18.7. The van der Waals surface area contributed by atoms with Gasteiger partial charge in [-0.2, -0.15) is 0 Å². The molecule has 134 valence electrons. The largest absolute Gasteiger partial charge is 0.341 e. The molecule has 0 aliphatic carbocycles. The molecule has 2 heterocycles. The van der Waals surface area contributed by atoms with Gasteiger partial charge in [0.05, 0.1) is 0 Å². The summed E-state index contributed by atoms with van der Waals surface area (Å²) >= 11 is 0. The third-order valence-electron chi connectivity index (χ3n) is 5.75. The smallest absolute Gasteiger partial charge is 0.244 e. The summed E-state index contributed by atoms with van der Waals surface area (Å²) in [5.74, 6) is 0.429. The highest BCUT2D eigenvalue weighted by Crippen LogP contribution is 2.36. The normalized spacial score (nSPS) is 26.6. The van der Waals surface area contributed by atoms with Crippen LogP contribution in [0.1, 0.15) is 52.9 Å². The Morgan fingerprint density at radius 2 is 1.74 bits per heavy atom. The van der Waals surface area contributed by atoms with Crippen molar-refractivity contribution in [3.63, 3.8) is 0 Å². The van der Waals surface area contributed by atoms with Gasteiger partial charge in [-0.1, -0.05) is 20.8 Å². The molecule has 0 aromatic carbocycles. The van der Waals surface area contributed by atoms with Crippen molar-refractivity contribution in [2.24, 2.45) is 11.3 Å². The van der Waals surface area contributed by atoms with Crippen LogP contribution in [0.15, 0.2) is 0 Å². The fourth-order valence-electron chi connectivity index (χ4n) is 4.03. The van der Waals surface area contributed by atoms with Crippen molar-refractivity contribution in [3.8, 4) is 0 Å². The van der Waals surface area contributed by atoms with E-state index in [1.165, 1.54) is 6.26 Å². The molecular formula is C17H32N2O3S. The first-order chi connectivity index (χ1) is 10.6. The average Bonchev–Trinajstić information content (AvgIpc) is 2.71. The Morgan fingerprint density at radius 1 is 1.13 bits per heavy atom. The third kappa shape index (κ3) is 3.90. The Bertz CT molecular complexity index is 531. The van der Waals surface area contributed by atoms with Gasteiger partial charge in [-0.3, -0.25) is 4.79 Å². The minimum absolute atomic E-state index is 0.156. The molecule has 5 nitrogen and oxygen atoms in total. The first-order valence-corrected chi connectivity index (χ1v) is 10.7. The molecule has 0 spiro atoms. The predicted molar refractivity (Wildman–Crippen MR) is 93.1 cm³/mol. The van der Waals surface area contributed by atoms with Gasteiger partial charge in [0.1, 0.15) is 0 Å². The number of hydrogen-bond acceptors (Lipinski definition) is 4. The van der Waals surface area contributed by atoms with Crippen LogP contribution >= 0.6 is 0 Å². The lowest BCUT2D eigenvalue weighted by Gasteiger charge is -2.38. The second-order valence-corrected chi connectivity index (χ2v) is 10.6. The van der Waals surface area contributed by atoms with E-state index in [0.717, 1.165) is 19.3 Å². The molecule has 1 unspecified atom stereocenters. The van der Waals surface area contributed by atoms with E-state index in [1.807, 2.05) is 4.90 Å². The van der Waals surface area contributed by atoms with Gasteiger partial charge in [0.15, 0.2) is 14.6 Å². The van der Waals surface area contributed by atoms with Crippen LogP contribution in [0.25, 0.3) is 0 Å². The van der Waals surface area contributed by atoms with Crippen molar-refractivity contribution in [2.75, 3.05) is 32.4 Å². The van der Waals surface area contributed by atoms with Crippen LogP contribution in [0.4, 0.5) is 0 Å². The first-order valence-electron chi connectivity index (χ1n) is 8.78. The summed E-state index contributed by atoms with van der Waals surface area (Å²) in [4.78, 5) is 15.0. The minimum Gasteiger partial charge on any atom is -0.341 e. The Kier molecular flexibility index (Phi) is 5.46. The number of rotatable bonds is 2. The molecule has 1 atom stereocenters. The van der Waals surface area contributed by atoms with Gasteiger partial charge in [0.25, 0.3) is 0 Å². The summed E-state index contributed by atoms with van der Waals surface area (Å²) in [5.41, 5.74) is 0.238. The second-order valence-electron chi connectivity index (χ2n) is 8.30. The van der Waals surface area contributed by atoms with Crippen LogP contribution in [-0.4, -0.2) is 56.4 Å². The Hall–Kier alpha value is -0.620. The molecular weight excluding hydrogens is 312 g/mol. The molecule has 23 heavy (non-hydrogen) atoms. The van der Waals surface area contributed by atoms with E-state index in [0.29, 0.717) is 44.9 Å². The number of piperidine rings is 1. The van der Waals surface area contributed by atoms with E-state index in [-0.39, 0.29) is 11.3 Å². The number of carbonyl (C=O) groups is 1. The molecule has 1 N–H and O–H groups in total. The number of amides is 1. The summed E-state index contributed by atoms with van der Waals surface area (Å²) in [6, 6.07) is 0. The number of hydrogen-bond donors (Lipinski definition) is 1. The molecule has 2 saturated heterocycles. The number of nitrogens with zero attached hydrogens (tertiary/aromatic N) is 1. The maximum absolute atomic E-state index is 13.1. The molecule has 1 amide bonds. The van der Waals surface area contributed by atoms with Crippen LogP contribution in [0, 0.1) is 11.3 Å². The van der Waals surface area contributed by atoms with E-state index in [2.05, 4.69) is 26.1 Å². The van der Waals surface area contributed by atoms with Crippen molar-refractivity contribution in [1.29, 1.82) is 0 Å².